The number of rotatable bonds is 13. The van der Waals surface area contributed by atoms with E-state index >= 15 is 0 Å². The van der Waals surface area contributed by atoms with Crippen LogP contribution in [0.5, 0.6) is 0 Å². The Balaban J connectivity index is 0. The number of halogens is 3. The summed E-state index contributed by atoms with van der Waals surface area (Å²) in [5.74, 6) is 4.99. The highest BCUT2D eigenvalue weighted by Gasteiger charge is 2.30. The molecule has 0 aliphatic carbocycles. The lowest BCUT2D eigenvalue weighted by atomic mass is 10.0. The van der Waals surface area contributed by atoms with Gasteiger partial charge in [0.15, 0.2) is 0 Å². The Morgan fingerprint density at radius 1 is 0.907 bits per heavy atom. The van der Waals surface area contributed by atoms with Gasteiger partial charge in [0.25, 0.3) is 0 Å². The van der Waals surface area contributed by atoms with Crippen LogP contribution < -0.4 is 22.3 Å². The van der Waals surface area contributed by atoms with E-state index in [9.17, 15) is 18.0 Å². The van der Waals surface area contributed by atoms with Gasteiger partial charge in [-0.15, -0.1) is 13.2 Å². The maximum atomic E-state index is 12.9. The van der Waals surface area contributed by atoms with Gasteiger partial charge < -0.3 is 16.5 Å². The van der Waals surface area contributed by atoms with Crippen molar-refractivity contribution in [3.63, 3.8) is 0 Å². The minimum Gasteiger partial charge on any atom is -0.397 e. The minimum atomic E-state index is -4.36. The third-order valence-electron chi connectivity index (χ3n) is 7.34. The van der Waals surface area contributed by atoms with E-state index in [0.717, 1.165) is 58.8 Å². The average molecular weight is 749 g/mol. The molecular formula is C44H63F3N6O. The standard InChI is InChI=1S/C29H32F3N3O.C9H15N3.2C2H6.C2H4/c1-5-20(3)7-17-26(6-2)35-27(19-25(34-35)16-18-28(36)33-4)23-10-8-21(9-11-23)22-12-14-24(15-13-22)29(30,31)32;1-3-4-5-6-8(2)9(10)7-12-11;3*1-2/h7-15,17,19H,5-6,16,18H2,1-4H3,(H,33,36);3-7,12H,2,10-11H2,1H3;2*1-2H3;1-2H2/b20-7-,26-17+;4-3-,6-5-,9-7-;;;. The van der Waals surface area contributed by atoms with Gasteiger partial charge in [0, 0.05) is 37.3 Å². The topological polar surface area (TPSA) is 111 Å². The second-order valence-corrected chi connectivity index (χ2v) is 10.8. The Kier molecular flexibility index (Phi) is 27.4. The molecule has 1 heterocycles. The smallest absolute Gasteiger partial charge is 0.397 e. The molecule has 7 nitrogen and oxygen atoms in total. The minimum absolute atomic E-state index is 0.0419. The number of amides is 1. The van der Waals surface area contributed by atoms with Crippen molar-refractivity contribution in [2.75, 3.05) is 7.05 Å². The molecule has 296 valence electrons. The van der Waals surface area contributed by atoms with Crippen molar-refractivity contribution in [2.45, 2.75) is 87.2 Å². The molecule has 1 amide bonds. The predicted octanol–water partition coefficient (Wildman–Crippen LogP) is 11.3. The lowest BCUT2D eigenvalue weighted by molar-refractivity contribution is -0.137. The largest absolute Gasteiger partial charge is 0.416 e. The molecule has 0 radical (unpaired) electrons. The first kappa shape index (κ1) is 50.8. The first-order valence-electron chi connectivity index (χ1n) is 18.2. The molecule has 0 saturated heterocycles. The summed E-state index contributed by atoms with van der Waals surface area (Å²) in [6, 6.07) is 14.9. The van der Waals surface area contributed by atoms with Crippen LogP contribution in [0.2, 0.25) is 0 Å². The molecule has 0 bridgehead atoms. The molecule has 0 spiro atoms. The number of hydrazine groups is 1. The van der Waals surface area contributed by atoms with Gasteiger partial charge in [-0.05, 0) is 67.7 Å². The lowest BCUT2D eigenvalue weighted by Crippen LogP contribution is -2.18. The van der Waals surface area contributed by atoms with Crippen molar-refractivity contribution >= 4 is 11.6 Å². The highest BCUT2D eigenvalue weighted by molar-refractivity contribution is 5.76. The molecule has 10 heteroatoms. The summed E-state index contributed by atoms with van der Waals surface area (Å²) in [5.41, 5.74) is 14.9. The number of nitrogens with zero attached hydrogens (tertiary/aromatic N) is 2. The molecule has 3 rings (SSSR count). The van der Waals surface area contributed by atoms with Gasteiger partial charge in [0.05, 0.1) is 22.6 Å². The van der Waals surface area contributed by atoms with Crippen molar-refractivity contribution < 1.29 is 18.0 Å². The molecule has 0 saturated carbocycles. The van der Waals surface area contributed by atoms with Gasteiger partial charge in [0.1, 0.15) is 0 Å². The zero-order valence-electron chi connectivity index (χ0n) is 33.8. The van der Waals surface area contributed by atoms with E-state index in [-0.39, 0.29) is 5.91 Å². The summed E-state index contributed by atoms with van der Waals surface area (Å²) in [6.45, 7) is 25.9. The Labute approximate surface area is 322 Å². The molecule has 1 aromatic heterocycles. The third kappa shape index (κ3) is 18.4. The second kappa shape index (κ2) is 29.1. The number of allylic oxidation sites excluding steroid dienone is 8. The van der Waals surface area contributed by atoms with Gasteiger partial charge in [-0.2, -0.15) is 18.3 Å². The van der Waals surface area contributed by atoms with Crippen molar-refractivity contribution in [1.82, 2.24) is 20.5 Å². The Morgan fingerprint density at radius 2 is 1.44 bits per heavy atom. The highest BCUT2D eigenvalue weighted by Crippen LogP contribution is 2.32. The second-order valence-electron chi connectivity index (χ2n) is 10.8. The molecule has 0 aliphatic heterocycles. The van der Waals surface area contributed by atoms with E-state index in [0.29, 0.717) is 24.1 Å². The molecule has 3 aromatic rings. The van der Waals surface area contributed by atoms with Crippen LogP contribution in [0, 0.1) is 0 Å². The summed E-state index contributed by atoms with van der Waals surface area (Å²) < 4.78 is 40.6. The zero-order chi connectivity index (χ0) is 41.7. The summed E-state index contributed by atoms with van der Waals surface area (Å²) in [4.78, 5) is 11.8. The number of aryl methyl sites for hydroxylation is 1. The zero-order valence-corrected chi connectivity index (χ0v) is 33.8. The van der Waals surface area contributed by atoms with E-state index in [1.165, 1.54) is 23.9 Å². The van der Waals surface area contributed by atoms with E-state index in [1.807, 2.05) is 93.9 Å². The van der Waals surface area contributed by atoms with Crippen LogP contribution in [0.4, 0.5) is 13.2 Å². The monoisotopic (exact) mass is 749 g/mol. The molecule has 0 aliphatic rings. The number of carbonyl (C=O) groups excluding carboxylic acids is 1. The summed E-state index contributed by atoms with van der Waals surface area (Å²) in [5, 5.41) is 7.45. The normalized spacial score (nSPS) is 11.5. The number of nitrogens with two attached hydrogens (primary N) is 2. The molecular weight excluding hydrogens is 686 g/mol. The summed E-state index contributed by atoms with van der Waals surface area (Å²) in [7, 11) is 1.62. The fourth-order valence-corrected chi connectivity index (χ4v) is 4.28. The molecule has 0 atom stereocenters. The van der Waals surface area contributed by atoms with Crippen molar-refractivity contribution in [2.24, 2.45) is 11.6 Å². The van der Waals surface area contributed by atoms with E-state index < -0.39 is 11.7 Å². The number of hydrogen-bond donors (Lipinski definition) is 4. The van der Waals surface area contributed by atoms with Crippen LogP contribution in [-0.2, 0) is 17.4 Å². The molecule has 6 N–H and O–H groups in total. The third-order valence-corrected chi connectivity index (χ3v) is 7.34. The van der Waals surface area contributed by atoms with Crippen LogP contribution in [0.15, 0.2) is 134 Å². The van der Waals surface area contributed by atoms with Gasteiger partial charge in [-0.1, -0.05) is 120 Å². The maximum absolute atomic E-state index is 12.9. The van der Waals surface area contributed by atoms with Crippen molar-refractivity contribution in [3.05, 3.63) is 145 Å². The van der Waals surface area contributed by atoms with Crippen LogP contribution in [0.3, 0.4) is 0 Å². The van der Waals surface area contributed by atoms with E-state index in [2.05, 4.69) is 63.4 Å². The van der Waals surface area contributed by atoms with Crippen LogP contribution in [0.25, 0.3) is 28.1 Å². The number of carbonyl (C=O) groups is 1. The Hall–Kier alpha value is -5.35. The fourth-order valence-electron chi connectivity index (χ4n) is 4.28. The number of hydrogen-bond acceptors (Lipinski definition) is 5. The van der Waals surface area contributed by atoms with Gasteiger partial charge in [-0.25, -0.2) is 4.68 Å². The fraction of sp³-hybridized carbons (Fsp3) is 0.318. The molecule has 54 heavy (non-hydrogen) atoms. The number of alkyl halides is 3. The van der Waals surface area contributed by atoms with Crippen molar-refractivity contribution in [3.8, 4) is 22.4 Å². The summed E-state index contributed by atoms with van der Waals surface area (Å²) >= 11 is 0. The van der Waals surface area contributed by atoms with Gasteiger partial charge in [0.2, 0.25) is 5.91 Å². The van der Waals surface area contributed by atoms with E-state index in [1.54, 1.807) is 7.05 Å². The highest BCUT2D eigenvalue weighted by atomic mass is 19.4. The Bertz CT molecular complexity index is 1660. The lowest BCUT2D eigenvalue weighted by Gasteiger charge is -2.11. The van der Waals surface area contributed by atoms with Crippen LogP contribution in [0.1, 0.15) is 85.9 Å². The average Bonchev–Trinajstić information content (AvgIpc) is 3.63. The van der Waals surface area contributed by atoms with Gasteiger partial charge in [-0.3, -0.25) is 10.6 Å². The quantitative estimate of drug-likeness (QED) is 0.0602. The van der Waals surface area contributed by atoms with Crippen LogP contribution >= 0.6 is 0 Å². The van der Waals surface area contributed by atoms with E-state index in [4.69, 9.17) is 16.7 Å². The maximum Gasteiger partial charge on any atom is 0.416 e. The summed E-state index contributed by atoms with van der Waals surface area (Å²) in [6.07, 6.45) is 11.4. The molecule has 0 unspecified atom stereocenters. The van der Waals surface area contributed by atoms with Gasteiger partial charge >= 0.3 is 6.18 Å². The first-order chi connectivity index (χ1) is 25.9. The molecule has 2 aromatic carbocycles. The first-order valence-corrected chi connectivity index (χ1v) is 18.2. The predicted molar refractivity (Wildman–Crippen MR) is 226 cm³/mol. The number of aromatic nitrogens is 2. The number of nitrogens with one attached hydrogen (secondary N) is 2. The molecule has 0 fully saturated rings. The van der Waals surface area contributed by atoms with Crippen LogP contribution in [-0.4, -0.2) is 22.7 Å². The number of benzene rings is 2. The SMILES string of the molecule is C=C.C=C(/C=C\C=C/C)/C(N)=C/NN.CC.CC.CC/C(C)=C\C=C(/CC)n1nc(CCC(=O)NC)cc1-c1ccc(-c2ccc(C(F)(F)F)cc2)cc1. The Morgan fingerprint density at radius 3 is 1.91 bits per heavy atom. The van der Waals surface area contributed by atoms with Crippen molar-refractivity contribution in [1.29, 1.82) is 0 Å².